The van der Waals surface area contributed by atoms with Crippen LogP contribution in [-0.2, 0) is 5.41 Å². The first-order valence-corrected chi connectivity index (χ1v) is 19.2. The quantitative estimate of drug-likeness (QED) is 0.167. The zero-order valence-electron chi connectivity index (χ0n) is 29.8. The van der Waals surface area contributed by atoms with Crippen molar-refractivity contribution in [2.45, 2.75) is 19.3 Å². The van der Waals surface area contributed by atoms with Crippen molar-refractivity contribution in [2.24, 2.45) is 0 Å². The van der Waals surface area contributed by atoms with Gasteiger partial charge in [-0.25, -0.2) is 0 Å². The predicted octanol–water partition coefficient (Wildman–Crippen LogP) is 14.8. The average molecular weight is 696 g/mol. The Balaban J connectivity index is 1.29. The Morgan fingerprint density at radius 1 is 0.396 bits per heavy atom. The normalized spacial score (nSPS) is 12.9. The zero-order valence-corrected chi connectivity index (χ0v) is 30.6. The summed E-state index contributed by atoms with van der Waals surface area (Å²) < 4.78 is 2.57. The van der Waals surface area contributed by atoms with Crippen molar-refractivity contribution in [1.29, 1.82) is 0 Å². The fourth-order valence-corrected chi connectivity index (χ4v) is 9.77. The second-order valence-corrected chi connectivity index (χ2v) is 15.5. The van der Waals surface area contributed by atoms with Crippen molar-refractivity contribution in [3.8, 4) is 44.5 Å². The lowest BCUT2D eigenvalue weighted by atomic mass is 9.82. The highest BCUT2D eigenvalue weighted by Crippen LogP contribution is 2.55. The number of rotatable bonds is 6. The molecule has 0 amide bonds. The van der Waals surface area contributed by atoms with Gasteiger partial charge in [0.15, 0.2) is 0 Å². The van der Waals surface area contributed by atoms with Crippen LogP contribution >= 0.6 is 11.3 Å². The van der Waals surface area contributed by atoms with E-state index in [1.807, 2.05) is 11.3 Å². The average Bonchev–Trinajstić information content (AvgIpc) is 3.72. The maximum absolute atomic E-state index is 2.54. The van der Waals surface area contributed by atoms with Crippen molar-refractivity contribution in [3.05, 3.63) is 199 Å². The summed E-state index contributed by atoms with van der Waals surface area (Å²) in [5, 5.41) is 2.58. The van der Waals surface area contributed by atoms with Gasteiger partial charge < -0.3 is 4.90 Å². The summed E-state index contributed by atoms with van der Waals surface area (Å²) in [6, 6.07) is 69.1. The molecule has 0 fully saturated rings. The molecule has 1 heterocycles. The van der Waals surface area contributed by atoms with Crippen LogP contribution in [0, 0.1) is 0 Å². The largest absolute Gasteiger partial charge is 0.308 e. The molecule has 0 aliphatic heterocycles. The van der Waals surface area contributed by atoms with Gasteiger partial charge in [-0.2, -0.15) is 0 Å². The second kappa shape index (κ2) is 12.5. The minimum absolute atomic E-state index is 0.0903. The van der Waals surface area contributed by atoms with Gasteiger partial charge in [-0.05, 0) is 74.8 Å². The molecule has 0 unspecified atom stereocenters. The van der Waals surface area contributed by atoms with Crippen LogP contribution in [0.1, 0.15) is 25.0 Å². The predicted molar refractivity (Wildman–Crippen MR) is 228 cm³/mol. The van der Waals surface area contributed by atoms with Crippen molar-refractivity contribution in [2.75, 3.05) is 4.90 Å². The number of thiophene rings is 1. The van der Waals surface area contributed by atoms with Crippen LogP contribution in [0.4, 0.5) is 17.1 Å². The number of nitrogens with zero attached hydrogens (tertiary/aromatic N) is 1. The molecule has 8 aromatic carbocycles. The Morgan fingerprint density at radius 2 is 0.981 bits per heavy atom. The van der Waals surface area contributed by atoms with E-state index >= 15 is 0 Å². The number of anilines is 3. The van der Waals surface area contributed by atoms with Gasteiger partial charge in [0, 0.05) is 32.0 Å². The molecule has 1 aliphatic rings. The molecule has 0 bridgehead atoms. The van der Waals surface area contributed by atoms with Gasteiger partial charge in [0.2, 0.25) is 0 Å². The van der Waals surface area contributed by atoms with Crippen LogP contribution in [0.2, 0.25) is 0 Å². The maximum atomic E-state index is 2.54. The van der Waals surface area contributed by atoms with E-state index in [1.165, 1.54) is 81.5 Å². The molecule has 1 aromatic heterocycles. The SMILES string of the molecule is CC1(C)c2ccccc2-c2c(-c3ccccc3N(c3ccc(-c4ccccc4)cc3-c3ccccc3)c3cccc4c3sc3ccccc34)cccc21. The molecule has 1 nitrogen and oxygen atoms in total. The van der Waals surface area contributed by atoms with E-state index in [0.717, 1.165) is 11.4 Å². The van der Waals surface area contributed by atoms with Gasteiger partial charge in [0.25, 0.3) is 0 Å². The number of hydrogen-bond acceptors (Lipinski definition) is 2. The van der Waals surface area contributed by atoms with E-state index in [-0.39, 0.29) is 5.41 Å². The Labute approximate surface area is 315 Å². The third-order valence-corrected chi connectivity index (χ3v) is 12.3. The lowest BCUT2D eigenvalue weighted by Gasteiger charge is -2.31. The number of para-hydroxylation sites is 1. The minimum atomic E-state index is -0.0903. The molecule has 0 spiro atoms. The van der Waals surface area contributed by atoms with E-state index in [0.29, 0.717) is 0 Å². The van der Waals surface area contributed by atoms with Crippen LogP contribution in [-0.4, -0.2) is 0 Å². The summed E-state index contributed by atoms with van der Waals surface area (Å²) >= 11 is 1.88. The topological polar surface area (TPSA) is 3.24 Å². The van der Waals surface area contributed by atoms with Gasteiger partial charge in [0.1, 0.15) is 0 Å². The van der Waals surface area contributed by atoms with Crippen LogP contribution in [0.5, 0.6) is 0 Å². The van der Waals surface area contributed by atoms with Crippen molar-refractivity contribution in [3.63, 3.8) is 0 Å². The third kappa shape index (κ3) is 5.05. The smallest absolute Gasteiger partial charge is 0.0640 e. The minimum Gasteiger partial charge on any atom is -0.308 e. The monoisotopic (exact) mass is 695 g/mol. The first-order chi connectivity index (χ1) is 26.1. The lowest BCUT2D eigenvalue weighted by Crippen LogP contribution is -2.15. The number of hydrogen-bond donors (Lipinski definition) is 0. The standard InChI is InChI=1S/C51H37NS/c1-51(2)43-26-12-9-23-41(43)49-39(24-15-27-44(49)51)37-21-10-13-28-45(37)52(47-29-16-25-40-38-22-11-14-30-48(38)53-50(40)47)46-32-31-36(34-17-5-3-6-18-34)33-42(46)35-19-7-4-8-20-35/h3-33H,1-2H3. The lowest BCUT2D eigenvalue weighted by molar-refractivity contribution is 0.660. The van der Waals surface area contributed by atoms with E-state index in [9.17, 15) is 0 Å². The van der Waals surface area contributed by atoms with E-state index in [1.54, 1.807) is 0 Å². The zero-order chi connectivity index (χ0) is 35.5. The van der Waals surface area contributed by atoms with E-state index in [2.05, 4.69) is 207 Å². The molecule has 9 aromatic rings. The molecule has 0 saturated carbocycles. The highest BCUT2D eigenvalue weighted by molar-refractivity contribution is 7.26. The van der Waals surface area contributed by atoms with Crippen molar-refractivity contribution < 1.29 is 0 Å². The summed E-state index contributed by atoms with van der Waals surface area (Å²) in [4.78, 5) is 2.54. The first-order valence-electron chi connectivity index (χ1n) is 18.4. The molecule has 10 rings (SSSR count). The van der Waals surface area contributed by atoms with Gasteiger partial charge in [-0.3, -0.25) is 0 Å². The maximum Gasteiger partial charge on any atom is 0.0640 e. The highest BCUT2D eigenvalue weighted by Gasteiger charge is 2.37. The molecular formula is C51H37NS. The number of fused-ring (bicyclic) bond motifs is 6. The molecule has 0 atom stereocenters. The van der Waals surface area contributed by atoms with E-state index in [4.69, 9.17) is 0 Å². The number of benzene rings is 8. The molecule has 2 heteroatoms. The van der Waals surface area contributed by atoms with Gasteiger partial charge in [-0.1, -0.05) is 172 Å². The van der Waals surface area contributed by atoms with Crippen LogP contribution in [0.25, 0.3) is 64.7 Å². The van der Waals surface area contributed by atoms with E-state index < -0.39 is 0 Å². The summed E-state index contributed by atoms with van der Waals surface area (Å²) in [5.74, 6) is 0. The van der Waals surface area contributed by atoms with Crippen LogP contribution in [0.15, 0.2) is 188 Å². The molecular weight excluding hydrogens is 659 g/mol. The van der Waals surface area contributed by atoms with Crippen molar-refractivity contribution >= 4 is 48.6 Å². The Hall–Kier alpha value is -6.22. The fraction of sp³-hybridized carbons (Fsp3) is 0.0588. The molecule has 0 saturated heterocycles. The van der Waals surface area contributed by atoms with Crippen molar-refractivity contribution in [1.82, 2.24) is 0 Å². The van der Waals surface area contributed by atoms with Crippen LogP contribution in [0.3, 0.4) is 0 Å². The van der Waals surface area contributed by atoms with Gasteiger partial charge in [0.05, 0.1) is 21.8 Å². The fourth-order valence-electron chi connectivity index (χ4n) is 8.56. The first kappa shape index (κ1) is 31.5. The summed E-state index contributed by atoms with van der Waals surface area (Å²) in [6.45, 7) is 4.73. The molecule has 53 heavy (non-hydrogen) atoms. The van der Waals surface area contributed by atoms with Gasteiger partial charge in [-0.15, -0.1) is 11.3 Å². The molecule has 1 aliphatic carbocycles. The molecule has 0 N–H and O–H groups in total. The van der Waals surface area contributed by atoms with Gasteiger partial charge >= 0.3 is 0 Å². The Bertz CT molecular complexity index is 2810. The molecule has 0 radical (unpaired) electrons. The van der Waals surface area contributed by atoms with Crippen LogP contribution < -0.4 is 4.90 Å². The summed E-state index contributed by atoms with van der Waals surface area (Å²) in [7, 11) is 0. The summed E-state index contributed by atoms with van der Waals surface area (Å²) in [6.07, 6.45) is 0. The second-order valence-electron chi connectivity index (χ2n) is 14.5. The molecule has 252 valence electrons. The Morgan fingerprint density at radius 3 is 1.81 bits per heavy atom. The Kier molecular flexibility index (Phi) is 7.42. The third-order valence-electron chi connectivity index (χ3n) is 11.1. The summed E-state index contributed by atoms with van der Waals surface area (Å²) in [5.41, 5.74) is 16.0. The highest BCUT2D eigenvalue weighted by atomic mass is 32.1.